The molecular formula is C14H21NO4. The Morgan fingerprint density at radius 3 is 2.63 bits per heavy atom. The first kappa shape index (κ1) is 15.3. The first-order valence-corrected chi connectivity index (χ1v) is 6.08. The molecule has 19 heavy (non-hydrogen) atoms. The first-order valence-electron chi connectivity index (χ1n) is 6.08. The summed E-state index contributed by atoms with van der Waals surface area (Å²) < 4.78 is 9.72. The summed E-state index contributed by atoms with van der Waals surface area (Å²) in [4.78, 5) is 12.9. The summed E-state index contributed by atoms with van der Waals surface area (Å²) in [5.41, 5.74) is 1.98. The predicted molar refractivity (Wildman–Crippen MR) is 73.6 cm³/mol. The van der Waals surface area contributed by atoms with Crippen molar-refractivity contribution in [1.82, 2.24) is 0 Å². The maximum atomic E-state index is 11.1. The fourth-order valence-corrected chi connectivity index (χ4v) is 1.86. The zero-order chi connectivity index (χ0) is 14.4. The third kappa shape index (κ3) is 4.44. The quantitative estimate of drug-likeness (QED) is 0.789. The minimum Gasteiger partial charge on any atom is -0.496 e. The van der Waals surface area contributed by atoms with E-state index in [-0.39, 0.29) is 6.42 Å². The summed E-state index contributed by atoms with van der Waals surface area (Å²) in [5, 5.41) is 9.79. The third-order valence-electron chi connectivity index (χ3n) is 2.93. The SMILES string of the molecule is COC(=O)CC(O)CN(C)c1ccc(OC)c(C)c1. The lowest BCUT2D eigenvalue weighted by Crippen LogP contribution is -2.30. The summed E-state index contributed by atoms with van der Waals surface area (Å²) >= 11 is 0. The lowest BCUT2D eigenvalue weighted by Gasteiger charge is -2.23. The highest BCUT2D eigenvalue weighted by Gasteiger charge is 2.14. The van der Waals surface area contributed by atoms with E-state index in [1.54, 1.807) is 7.11 Å². The Hall–Kier alpha value is -1.75. The predicted octanol–water partition coefficient (Wildman–Crippen LogP) is 1.36. The minimum atomic E-state index is -0.750. The minimum absolute atomic E-state index is 0.00399. The van der Waals surface area contributed by atoms with Crippen LogP contribution in [0.25, 0.3) is 0 Å². The zero-order valence-corrected chi connectivity index (χ0v) is 11.8. The van der Waals surface area contributed by atoms with Crippen LogP contribution in [-0.2, 0) is 9.53 Å². The summed E-state index contributed by atoms with van der Waals surface area (Å²) in [5.74, 6) is 0.416. The Balaban J connectivity index is 2.65. The second-order valence-electron chi connectivity index (χ2n) is 4.47. The van der Waals surface area contributed by atoms with Crippen molar-refractivity contribution in [2.75, 3.05) is 32.7 Å². The van der Waals surface area contributed by atoms with E-state index in [4.69, 9.17) is 4.74 Å². The van der Waals surface area contributed by atoms with Crippen LogP contribution in [0.4, 0.5) is 5.69 Å². The molecule has 1 aromatic rings. The first-order chi connectivity index (χ1) is 8.97. The van der Waals surface area contributed by atoms with Crippen molar-refractivity contribution in [3.05, 3.63) is 23.8 Å². The van der Waals surface area contributed by atoms with Gasteiger partial charge in [0.25, 0.3) is 0 Å². The Morgan fingerprint density at radius 2 is 2.11 bits per heavy atom. The molecule has 1 rings (SSSR count). The van der Waals surface area contributed by atoms with Gasteiger partial charge >= 0.3 is 5.97 Å². The summed E-state index contributed by atoms with van der Waals surface area (Å²) in [7, 11) is 4.80. The smallest absolute Gasteiger partial charge is 0.308 e. The monoisotopic (exact) mass is 267 g/mol. The molecule has 1 aromatic carbocycles. The van der Waals surface area contributed by atoms with Crippen molar-refractivity contribution in [3.8, 4) is 5.75 Å². The van der Waals surface area contributed by atoms with Crippen LogP contribution in [0.5, 0.6) is 5.75 Å². The molecule has 0 aliphatic heterocycles. The number of ether oxygens (including phenoxy) is 2. The van der Waals surface area contributed by atoms with Crippen LogP contribution in [0.2, 0.25) is 0 Å². The molecule has 0 aliphatic rings. The lowest BCUT2D eigenvalue weighted by molar-refractivity contribution is -0.142. The number of benzene rings is 1. The number of hydrogen-bond acceptors (Lipinski definition) is 5. The average Bonchev–Trinajstić information content (AvgIpc) is 2.38. The molecular weight excluding hydrogens is 246 g/mol. The molecule has 0 heterocycles. The van der Waals surface area contributed by atoms with Crippen molar-refractivity contribution >= 4 is 11.7 Å². The highest BCUT2D eigenvalue weighted by Crippen LogP contribution is 2.23. The maximum Gasteiger partial charge on any atom is 0.308 e. The van der Waals surface area contributed by atoms with Gasteiger partial charge in [0.2, 0.25) is 0 Å². The number of aryl methyl sites for hydroxylation is 1. The molecule has 106 valence electrons. The molecule has 1 atom stereocenters. The van der Waals surface area contributed by atoms with Gasteiger partial charge in [-0.2, -0.15) is 0 Å². The van der Waals surface area contributed by atoms with Gasteiger partial charge in [-0.05, 0) is 30.7 Å². The van der Waals surface area contributed by atoms with Crippen LogP contribution in [0.3, 0.4) is 0 Å². The number of aliphatic hydroxyl groups excluding tert-OH is 1. The molecule has 0 aromatic heterocycles. The lowest BCUT2D eigenvalue weighted by atomic mass is 10.1. The average molecular weight is 267 g/mol. The highest BCUT2D eigenvalue weighted by molar-refractivity contribution is 5.69. The Labute approximate surface area is 113 Å². The van der Waals surface area contributed by atoms with Gasteiger partial charge in [0.1, 0.15) is 5.75 Å². The van der Waals surface area contributed by atoms with E-state index >= 15 is 0 Å². The number of methoxy groups -OCH3 is 2. The number of likely N-dealkylation sites (N-methyl/N-ethyl adjacent to an activating group) is 1. The molecule has 0 spiro atoms. The Morgan fingerprint density at radius 1 is 1.42 bits per heavy atom. The van der Waals surface area contributed by atoms with Crippen LogP contribution >= 0.6 is 0 Å². The van der Waals surface area contributed by atoms with E-state index in [0.717, 1.165) is 17.0 Å². The van der Waals surface area contributed by atoms with E-state index in [9.17, 15) is 9.90 Å². The van der Waals surface area contributed by atoms with Gasteiger partial charge in [-0.3, -0.25) is 4.79 Å². The van der Waals surface area contributed by atoms with Crippen molar-refractivity contribution < 1.29 is 19.4 Å². The number of carbonyl (C=O) groups is 1. The molecule has 1 N–H and O–H groups in total. The van der Waals surface area contributed by atoms with Gasteiger partial charge in [0, 0.05) is 19.3 Å². The topological polar surface area (TPSA) is 59.0 Å². The molecule has 5 nitrogen and oxygen atoms in total. The second kappa shape index (κ2) is 6.99. The van der Waals surface area contributed by atoms with Gasteiger partial charge in [-0.1, -0.05) is 0 Å². The molecule has 1 unspecified atom stereocenters. The van der Waals surface area contributed by atoms with Crippen LogP contribution in [-0.4, -0.2) is 45.0 Å². The molecule has 5 heteroatoms. The van der Waals surface area contributed by atoms with Gasteiger partial charge in [0.15, 0.2) is 0 Å². The molecule has 0 aliphatic carbocycles. The van der Waals surface area contributed by atoms with Crippen molar-refractivity contribution in [2.45, 2.75) is 19.4 Å². The van der Waals surface area contributed by atoms with E-state index < -0.39 is 12.1 Å². The summed E-state index contributed by atoms with van der Waals surface area (Å²) in [6, 6.07) is 5.77. The second-order valence-corrected chi connectivity index (χ2v) is 4.47. The number of nitrogens with zero attached hydrogens (tertiary/aromatic N) is 1. The fourth-order valence-electron chi connectivity index (χ4n) is 1.86. The van der Waals surface area contributed by atoms with Gasteiger partial charge in [0.05, 0.1) is 26.7 Å². The van der Waals surface area contributed by atoms with E-state index in [2.05, 4.69) is 4.74 Å². The Kier molecular flexibility index (Phi) is 5.63. The van der Waals surface area contributed by atoms with E-state index in [1.807, 2.05) is 37.1 Å². The van der Waals surface area contributed by atoms with Crippen molar-refractivity contribution in [1.29, 1.82) is 0 Å². The van der Waals surface area contributed by atoms with Crippen LogP contribution in [0.15, 0.2) is 18.2 Å². The molecule has 0 fully saturated rings. The van der Waals surface area contributed by atoms with Crippen LogP contribution < -0.4 is 9.64 Å². The summed E-state index contributed by atoms with van der Waals surface area (Å²) in [6.07, 6.45) is -0.754. The maximum absolute atomic E-state index is 11.1. The largest absolute Gasteiger partial charge is 0.496 e. The van der Waals surface area contributed by atoms with Gasteiger partial charge in [-0.25, -0.2) is 0 Å². The van der Waals surface area contributed by atoms with Crippen molar-refractivity contribution in [3.63, 3.8) is 0 Å². The van der Waals surface area contributed by atoms with Crippen LogP contribution in [0.1, 0.15) is 12.0 Å². The van der Waals surface area contributed by atoms with Gasteiger partial charge in [-0.15, -0.1) is 0 Å². The van der Waals surface area contributed by atoms with Crippen LogP contribution in [0, 0.1) is 6.92 Å². The molecule has 0 radical (unpaired) electrons. The number of carbonyl (C=O) groups excluding carboxylic acids is 1. The highest BCUT2D eigenvalue weighted by atomic mass is 16.5. The fraction of sp³-hybridized carbons (Fsp3) is 0.500. The van der Waals surface area contributed by atoms with Gasteiger partial charge < -0.3 is 19.5 Å². The zero-order valence-electron chi connectivity index (χ0n) is 11.8. The van der Waals surface area contributed by atoms with Crippen molar-refractivity contribution in [2.24, 2.45) is 0 Å². The number of anilines is 1. The molecule has 0 bridgehead atoms. The Bertz CT molecular complexity index is 433. The standard InChI is InChI=1S/C14H21NO4/c1-10-7-11(5-6-13(10)18-3)15(2)9-12(16)8-14(17)19-4/h5-7,12,16H,8-9H2,1-4H3. The molecule has 0 amide bonds. The number of esters is 1. The normalized spacial score (nSPS) is 11.8. The third-order valence-corrected chi connectivity index (χ3v) is 2.93. The van der Waals surface area contributed by atoms with E-state index in [0.29, 0.717) is 6.54 Å². The number of hydrogen-bond donors (Lipinski definition) is 1. The summed E-state index contributed by atoms with van der Waals surface area (Å²) in [6.45, 7) is 2.32. The number of rotatable bonds is 6. The van der Waals surface area contributed by atoms with E-state index in [1.165, 1.54) is 7.11 Å². The number of aliphatic hydroxyl groups is 1. The molecule has 0 saturated carbocycles. The molecule has 0 saturated heterocycles.